The molecule has 3 N–H and O–H groups in total. The maximum absolute atomic E-state index is 12.9. The highest BCUT2D eigenvalue weighted by Crippen LogP contribution is 2.17. The number of amides is 1. The van der Waals surface area contributed by atoms with Crippen LogP contribution in [0.25, 0.3) is 6.08 Å². The molecule has 0 saturated carbocycles. The normalized spacial score (nSPS) is 10.7. The summed E-state index contributed by atoms with van der Waals surface area (Å²) in [6.45, 7) is 0. The van der Waals surface area contributed by atoms with Gasteiger partial charge in [0, 0.05) is 6.42 Å². The summed E-state index contributed by atoms with van der Waals surface area (Å²) in [4.78, 5) is 21.2. The van der Waals surface area contributed by atoms with Crippen molar-refractivity contribution in [1.82, 2.24) is 0 Å². The third kappa shape index (κ3) is 3.37. The minimum atomic E-state index is -1.39. The predicted molar refractivity (Wildman–Crippen MR) is 56.2 cm³/mol. The zero-order valence-electron chi connectivity index (χ0n) is 8.61. The molecule has 0 aliphatic rings. The van der Waals surface area contributed by atoms with Gasteiger partial charge < -0.3 is 10.8 Å². The summed E-state index contributed by atoms with van der Waals surface area (Å²) < 4.78 is 25.7. The molecule has 0 aromatic heterocycles. The van der Waals surface area contributed by atoms with Gasteiger partial charge in [-0.2, -0.15) is 0 Å². The molecular weight excluding hydrogens is 232 g/mol. The van der Waals surface area contributed by atoms with Crippen LogP contribution in [-0.4, -0.2) is 17.0 Å². The quantitative estimate of drug-likeness (QED) is 0.839. The van der Waals surface area contributed by atoms with Crippen molar-refractivity contribution in [2.75, 3.05) is 0 Å². The molecule has 1 rings (SSSR count). The van der Waals surface area contributed by atoms with Crippen LogP contribution in [0.3, 0.4) is 0 Å². The molecular formula is C11H9F2NO3. The number of carbonyl (C=O) groups excluding carboxylic acids is 1. The van der Waals surface area contributed by atoms with Gasteiger partial charge in [0.25, 0.3) is 0 Å². The SMILES string of the molecule is NC(=O)CC=Cc1cc(F)c(F)cc1C(=O)O. The van der Waals surface area contributed by atoms with Gasteiger partial charge in [-0.15, -0.1) is 0 Å². The van der Waals surface area contributed by atoms with Crippen molar-refractivity contribution >= 4 is 18.0 Å². The van der Waals surface area contributed by atoms with Crippen LogP contribution in [0.4, 0.5) is 8.78 Å². The molecule has 1 aromatic carbocycles. The standard InChI is InChI=1S/C11H9F2NO3/c12-8-4-6(2-1-3-10(14)15)7(11(16)17)5-9(8)13/h1-2,4-5H,3H2,(H2,14,15)(H,16,17). The van der Waals surface area contributed by atoms with E-state index in [1.54, 1.807) is 0 Å². The van der Waals surface area contributed by atoms with Gasteiger partial charge in [0.05, 0.1) is 5.56 Å². The molecule has 0 heterocycles. The lowest BCUT2D eigenvalue weighted by Gasteiger charge is -2.02. The molecule has 90 valence electrons. The smallest absolute Gasteiger partial charge is 0.336 e. The zero-order chi connectivity index (χ0) is 13.0. The lowest BCUT2D eigenvalue weighted by molar-refractivity contribution is -0.117. The lowest BCUT2D eigenvalue weighted by atomic mass is 10.1. The second-order valence-electron chi connectivity index (χ2n) is 3.23. The Labute approximate surface area is 95.4 Å². The number of benzene rings is 1. The highest BCUT2D eigenvalue weighted by atomic mass is 19.2. The summed E-state index contributed by atoms with van der Waals surface area (Å²) in [7, 11) is 0. The number of rotatable bonds is 4. The van der Waals surface area contributed by atoms with E-state index in [1.807, 2.05) is 0 Å². The highest BCUT2D eigenvalue weighted by molar-refractivity contribution is 5.92. The van der Waals surface area contributed by atoms with Gasteiger partial charge in [-0.1, -0.05) is 12.2 Å². The first-order valence-corrected chi connectivity index (χ1v) is 4.59. The first-order chi connectivity index (χ1) is 7.91. The first kappa shape index (κ1) is 12.8. The Kier molecular flexibility index (Phi) is 3.92. The third-order valence-electron chi connectivity index (χ3n) is 1.94. The maximum atomic E-state index is 12.9. The Hall–Kier alpha value is -2.24. The van der Waals surface area contributed by atoms with E-state index < -0.39 is 23.5 Å². The number of hydrogen-bond donors (Lipinski definition) is 2. The Morgan fingerprint density at radius 3 is 2.41 bits per heavy atom. The fourth-order valence-electron chi connectivity index (χ4n) is 1.19. The van der Waals surface area contributed by atoms with Crippen LogP contribution in [0.5, 0.6) is 0 Å². The number of aromatic carboxylic acids is 1. The molecule has 0 aliphatic carbocycles. The van der Waals surface area contributed by atoms with Crippen molar-refractivity contribution in [1.29, 1.82) is 0 Å². The van der Waals surface area contributed by atoms with Gasteiger partial charge in [-0.25, -0.2) is 13.6 Å². The average molecular weight is 241 g/mol. The van der Waals surface area contributed by atoms with E-state index in [9.17, 15) is 18.4 Å². The van der Waals surface area contributed by atoms with Crippen molar-refractivity contribution in [3.05, 3.63) is 41.0 Å². The van der Waals surface area contributed by atoms with E-state index in [0.717, 1.165) is 6.07 Å². The number of halogens is 2. The van der Waals surface area contributed by atoms with Crippen molar-refractivity contribution in [3.63, 3.8) is 0 Å². The van der Waals surface area contributed by atoms with Crippen LogP contribution in [0, 0.1) is 11.6 Å². The van der Waals surface area contributed by atoms with Crippen LogP contribution >= 0.6 is 0 Å². The molecule has 1 amide bonds. The predicted octanol–water partition coefficient (Wildman–Crippen LogP) is 1.55. The summed E-state index contributed by atoms with van der Waals surface area (Å²) in [6, 6.07) is 1.33. The van der Waals surface area contributed by atoms with Crippen LogP contribution in [0.1, 0.15) is 22.3 Å². The molecule has 0 saturated heterocycles. The van der Waals surface area contributed by atoms with E-state index in [0.29, 0.717) is 6.07 Å². The summed E-state index contributed by atoms with van der Waals surface area (Å²) >= 11 is 0. The van der Waals surface area contributed by atoms with Gasteiger partial charge in [0.2, 0.25) is 5.91 Å². The number of carboxylic acids is 1. The largest absolute Gasteiger partial charge is 0.478 e. The maximum Gasteiger partial charge on any atom is 0.336 e. The number of hydrogen-bond acceptors (Lipinski definition) is 2. The van der Waals surface area contributed by atoms with E-state index >= 15 is 0 Å². The molecule has 17 heavy (non-hydrogen) atoms. The summed E-state index contributed by atoms with van der Waals surface area (Å²) in [6.07, 6.45) is 2.37. The van der Waals surface area contributed by atoms with Gasteiger partial charge >= 0.3 is 5.97 Å². The van der Waals surface area contributed by atoms with Crippen LogP contribution < -0.4 is 5.73 Å². The lowest BCUT2D eigenvalue weighted by Crippen LogP contribution is -2.08. The molecule has 0 spiro atoms. The molecule has 0 fully saturated rings. The van der Waals surface area contributed by atoms with E-state index in [1.165, 1.54) is 12.2 Å². The number of primary amides is 1. The Morgan fingerprint density at radius 1 is 1.29 bits per heavy atom. The third-order valence-corrected chi connectivity index (χ3v) is 1.94. The fraction of sp³-hybridized carbons (Fsp3) is 0.0909. The average Bonchev–Trinajstić information content (AvgIpc) is 2.22. The molecule has 1 aromatic rings. The van der Waals surface area contributed by atoms with Crippen molar-refractivity contribution in [2.24, 2.45) is 5.73 Å². The zero-order valence-corrected chi connectivity index (χ0v) is 8.61. The fourth-order valence-corrected chi connectivity index (χ4v) is 1.19. The van der Waals surface area contributed by atoms with E-state index in [4.69, 9.17) is 10.8 Å². The summed E-state index contributed by atoms with van der Waals surface area (Å²) in [5.41, 5.74) is 4.45. The minimum Gasteiger partial charge on any atom is -0.478 e. The Morgan fingerprint density at radius 2 is 1.88 bits per heavy atom. The number of carboxylic acid groups (broad SMARTS) is 1. The molecule has 0 aliphatic heterocycles. The summed E-state index contributed by atoms with van der Waals surface area (Å²) in [5.74, 6) is -4.40. The molecule has 0 radical (unpaired) electrons. The topological polar surface area (TPSA) is 80.4 Å². The molecule has 0 atom stereocenters. The molecule has 4 nitrogen and oxygen atoms in total. The summed E-state index contributed by atoms with van der Waals surface area (Å²) in [5, 5.41) is 8.77. The van der Waals surface area contributed by atoms with E-state index in [-0.39, 0.29) is 17.5 Å². The first-order valence-electron chi connectivity index (χ1n) is 4.59. The van der Waals surface area contributed by atoms with E-state index in [2.05, 4.69) is 0 Å². The van der Waals surface area contributed by atoms with Gasteiger partial charge in [-0.05, 0) is 17.7 Å². The van der Waals surface area contributed by atoms with Gasteiger partial charge in [0.1, 0.15) is 0 Å². The second kappa shape index (κ2) is 5.20. The van der Waals surface area contributed by atoms with Crippen molar-refractivity contribution in [2.45, 2.75) is 6.42 Å². The molecule has 0 unspecified atom stereocenters. The Bertz CT molecular complexity index is 498. The Balaban J connectivity index is 3.13. The van der Waals surface area contributed by atoms with Crippen molar-refractivity contribution in [3.8, 4) is 0 Å². The molecule has 0 bridgehead atoms. The van der Waals surface area contributed by atoms with Crippen molar-refractivity contribution < 1.29 is 23.5 Å². The number of carbonyl (C=O) groups is 2. The van der Waals surface area contributed by atoms with Gasteiger partial charge in [-0.3, -0.25) is 4.79 Å². The van der Waals surface area contributed by atoms with Crippen LogP contribution in [0.15, 0.2) is 18.2 Å². The highest BCUT2D eigenvalue weighted by Gasteiger charge is 2.13. The number of nitrogens with two attached hydrogens (primary N) is 1. The monoisotopic (exact) mass is 241 g/mol. The molecule has 6 heteroatoms. The van der Waals surface area contributed by atoms with Crippen LogP contribution in [0.2, 0.25) is 0 Å². The second-order valence-corrected chi connectivity index (χ2v) is 3.23. The minimum absolute atomic E-state index is 0.0300. The van der Waals surface area contributed by atoms with Crippen LogP contribution in [-0.2, 0) is 4.79 Å². The van der Waals surface area contributed by atoms with Gasteiger partial charge in [0.15, 0.2) is 11.6 Å².